The van der Waals surface area contributed by atoms with Crippen LogP contribution in [0.1, 0.15) is 25.8 Å². The van der Waals surface area contributed by atoms with Gasteiger partial charge in [-0.2, -0.15) is 0 Å². The van der Waals surface area contributed by atoms with Gasteiger partial charge in [-0.25, -0.2) is 0 Å². The average Bonchev–Trinajstić information content (AvgIpc) is 2.37. The second-order valence-corrected chi connectivity index (χ2v) is 6.26. The second-order valence-electron chi connectivity index (χ2n) is 5.35. The largest absolute Gasteiger partial charge is 0.343 e. The number of carbonyl (C=O) groups is 1. The van der Waals surface area contributed by atoms with Crippen molar-refractivity contribution in [3.8, 4) is 0 Å². The van der Waals surface area contributed by atoms with Crippen molar-refractivity contribution >= 4 is 21.8 Å². The lowest BCUT2D eigenvalue weighted by atomic mass is 9.93. The highest BCUT2D eigenvalue weighted by Gasteiger charge is 2.26. The quantitative estimate of drug-likeness (QED) is 0.927. The van der Waals surface area contributed by atoms with Gasteiger partial charge in [0.15, 0.2) is 0 Å². The molecule has 0 unspecified atom stereocenters. The first-order valence-electron chi connectivity index (χ1n) is 6.79. The molecular weight excluding hydrogens is 304 g/mol. The first-order valence-corrected chi connectivity index (χ1v) is 7.59. The first kappa shape index (κ1) is 14.5. The second kappa shape index (κ2) is 6.53. The number of carbonyl (C=O) groups excluding carboxylic acids is 1. The van der Waals surface area contributed by atoms with Crippen LogP contribution in [0.25, 0.3) is 0 Å². The van der Waals surface area contributed by atoms with Crippen molar-refractivity contribution in [3.05, 3.63) is 34.3 Å². The number of benzene rings is 1. The third-order valence-corrected chi connectivity index (χ3v) is 4.30. The Morgan fingerprint density at radius 3 is 2.95 bits per heavy atom. The van der Waals surface area contributed by atoms with Gasteiger partial charge in [0.25, 0.3) is 0 Å². The van der Waals surface area contributed by atoms with Gasteiger partial charge in [0.05, 0.1) is 0 Å². The number of hydrogen-bond donors (Lipinski definition) is 1. The van der Waals surface area contributed by atoms with Crippen LogP contribution in [0.5, 0.6) is 0 Å². The Bertz CT molecular complexity index is 450. The predicted molar refractivity (Wildman–Crippen MR) is 80.8 cm³/mol. The van der Waals surface area contributed by atoms with Gasteiger partial charge >= 0.3 is 0 Å². The molecule has 1 aromatic carbocycles. The zero-order valence-corrected chi connectivity index (χ0v) is 13.1. The molecule has 19 heavy (non-hydrogen) atoms. The summed E-state index contributed by atoms with van der Waals surface area (Å²) in [5.41, 5.74) is 1.29. The Balaban J connectivity index is 1.85. The van der Waals surface area contributed by atoms with E-state index < -0.39 is 0 Å². The van der Waals surface area contributed by atoms with Crippen LogP contribution in [0.15, 0.2) is 28.7 Å². The van der Waals surface area contributed by atoms with Crippen LogP contribution in [0.4, 0.5) is 0 Å². The first-order chi connectivity index (χ1) is 9.06. The van der Waals surface area contributed by atoms with Gasteiger partial charge < -0.3 is 10.2 Å². The third-order valence-electron chi connectivity index (χ3n) is 3.81. The van der Waals surface area contributed by atoms with Crippen LogP contribution in [0, 0.1) is 5.92 Å². The fraction of sp³-hybridized carbons (Fsp3) is 0.533. The molecule has 1 amide bonds. The highest BCUT2D eigenvalue weighted by atomic mass is 79.9. The minimum Gasteiger partial charge on any atom is -0.343 e. The standard InChI is InChI=1S/C15H21BrN2O/c1-11-10-18(12(2)19)7-6-15(11)17-9-13-4-3-5-14(16)8-13/h3-5,8,11,15,17H,6-7,9-10H2,1-2H3/t11-,15+/m0/s1. The van der Waals surface area contributed by atoms with E-state index in [1.165, 1.54) is 5.56 Å². The summed E-state index contributed by atoms with van der Waals surface area (Å²) in [5, 5.41) is 3.62. The van der Waals surface area contributed by atoms with E-state index in [1.54, 1.807) is 6.92 Å². The number of nitrogens with one attached hydrogen (secondary N) is 1. The number of likely N-dealkylation sites (tertiary alicyclic amines) is 1. The molecule has 1 fully saturated rings. The molecule has 0 spiro atoms. The van der Waals surface area contributed by atoms with Crippen LogP contribution in [-0.2, 0) is 11.3 Å². The topological polar surface area (TPSA) is 32.3 Å². The van der Waals surface area contributed by atoms with Gasteiger partial charge in [0.1, 0.15) is 0 Å². The van der Waals surface area contributed by atoms with E-state index >= 15 is 0 Å². The van der Waals surface area contributed by atoms with Crippen molar-refractivity contribution in [2.24, 2.45) is 5.92 Å². The van der Waals surface area contributed by atoms with Crippen molar-refractivity contribution in [1.82, 2.24) is 10.2 Å². The molecule has 1 saturated heterocycles. The molecule has 0 saturated carbocycles. The maximum Gasteiger partial charge on any atom is 0.219 e. The van der Waals surface area contributed by atoms with Crippen molar-refractivity contribution in [2.75, 3.05) is 13.1 Å². The number of nitrogens with zero attached hydrogens (tertiary/aromatic N) is 1. The molecule has 0 radical (unpaired) electrons. The molecule has 1 N–H and O–H groups in total. The average molecular weight is 325 g/mol. The van der Waals surface area contributed by atoms with Crippen molar-refractivity contribution in [1.29, 1.82) is 0 Å². The summed E-state index contributed by atoms with van der Waals surface area (Å²) in [7, 11) is 0. The third kappa shape index (κ3) is 4.05. The van der Waals surface area contributed by atoms with E-state index in [0.29, 0.717) is 12.0 Å². The minimum absolute atomic E-state index is 0.192. The fourth-order valence-electron chi connectivity index (χ4n) is 2.63. The van der Waals surface area contributed by atoms with Gasteiger partial charge in [-0.05, 0) is 30.0 Å². The molecule has 1 aromatic rings. The summed E-state index contributed by atoms with van der Waals surface area (Å²) in [6.45, 7) is 6.49. The smallest absolute Gasteiger partial charge is 0.219 e. The molecule has 1 heterocycles. The molecule has 0 aromatic heterocycles. The highest BCUT2D eigenvalue weighted by Crippen LogP contribution is 2.18. The maximum absolute atomic E-state index is 11.4. The summed E-state index contributed by atoms with van der Waals surface area (Å²) < 4.78 is 1.12. The molecule has 4 heteroatoms. The summed E-state index contributed by atoms with van der Waals surface area (Å²) in [5.74, 6) is 0.696. The Morgan fingerprint density at radius 2 is 2.32 bits per heavy atom. The van der Waals surface area contributed by atoms with Crippen LogP contribution in [0.2, 0.25) is 0 Å². The lowest BCUT2D eigenvalue weighted by Crippen LogP contribution is -2.49. The molecule has 1 aliphatic rings. The number of rotatable bonds is 3. The van der Waals surface area contributed by atoms with Crippen molar-refractivity contribution in [2.45, 2.75) is 32.9 Å². The molecule has 2 rings (SSSR count). The highest BCUT2D eigenvalue weighted by molar-refractivity contribution is 9.10. The summed E-state index contributed by atoms with van der Waals surface area (Å²) >= 11 is 3.49. The number of hydrogen-bond acceptors (Lipinski definition) is 2. The normalized spacial score (nSPS) is 23.4. The van der Waals surface area contributed by atoms with Crippen LogP contribution in [0.3, 0.4) is 0 Å². The molecule has 104 valence electrons. The van der Waals surface area contributed by atoms with Gasteiger partial charge in [-0.3, -0.25) is 4.79 Å². The van der Waals surface area contributed by atoms with Crippen LogP contribution in [-0.4, -0.2) is 29.9 Å². The molecule has 1 aliphatic heterocycles. The van der Waals surface area contributed by atoms with E-state index in [0.717, 1.165) is 30.5 Å². The van der Waals surface area contributed by atoms with E-state index in [2.05, 4.69) is 46.4 Å². The Morgan fingerprint density at radius 1 is 1.53 bits per heavy atom. The predicted octanol–water partition coefficient (Wildman–Crippen LogP) is 2.80. The molecule has 3 nitrogen and oxygen atoms in total. The van der Waals surface area contributed by atoms with Gasteiger partial charge in [-0.1, -0.05) is 35.0 Å². The Labute approximate surface area is 123 Å². The monoisotopic (exact) mass is 324 g/mol. The number of halogens is 1. The van der Waals surface area contributed by atoms with E-state index in [1.807, 2.05) is 11.0 Å². The Hall–Kier alpha value is -0.870. The van der Waals surface area contributed by atoms with Crippen LogP contribution >= 0.6 is 15.9 Å². The SMILES string of the molecule is CC(=O)N1CC[C@@H](NCc2cccc(Br)c2)[C@@H](C)C1. The van der Waals surface area contributed by atoms with Gasteiger partial charge in [0, 0.05) is 37.1 Å². The van der Waals surface area contributed by atoms with E-state index in [-0.39, 0.29) is 5.91 Å². The fourth-order valence-corrected chi connectivity index (χ4v) is 3.08. The summed E-state index contributed by atoms with van der Waals surface area (Å²) in [6.07, 6.45) is 1.04. The molecule has 2 atom stereocenters. The zero-order chi connectivity index (χ0) is 13.8. The lowest BCUT2D eigenvalue weighted by Gasteiger charge is -2.37. The minimum atomic E-state index is 0.192. The van der Waals surface area contributed by atoms with Crippen molar-refractivity contribution in [3.63, 3.8) is 0 Å². The maximum atomic E-state index is 11.4. The molecular formula is C15H21BrN2O. The number of amides is 1. The molecule has 0 bridgehead atoms. The zero-order valence-electron chi connectivity index (χ0n) is 11.5. The van der Waals surface area contributed by atoms with E-state index in [9.17, 15) is 4.79 Å². The van der Waals surface area contributed by atoms with Crippen molar-refractivity contribution < 1.29 is 4.79 Å². The lowest BCUT2D eigenvalue weighted by molar-refractivity contribution is -0.130. The number of piperidine rings is 1. The van der Waals surface area contributed by atoms with Crippen LogP contribution < -0.4 is 5.32 Å². The summed E-state index contributed by atoms with van der Waals surface area (Å²) in [6, 6.07) is 8.87. The van der Waals surface area contributed by atoms with Gasteiger partial charge in [-0.15, -0.1) is 0 Å². The van der Waals surface area contributed by atoms with E-state index in [4.69, 9.17) is 0 Å². The summed E-state index contributed by atoms with van der Waals surface area (Å²) in [4.78, 5) is 13.3. The molecule has 0 aliphatic carbocycles. The van der Waals surface area contributed by atoms with Gasteiger partial charge in [0.2, 0.25) is 5.91 Å². The Kier molecular flexibility index (Phi) is 4.99.